The molecule has 0 fully saturated rings. The lowest BCUT2D eigenvalue weighted by atomic mass is 10.2. The van der Waals surface area contributed by atoms with Crippen molar-refractivity contribution < 1.29 is 12.8 Å². The van der Waals surface area contributed by atoms with Crippen molar-refractivity contribution in [1.82, 2.24) is 5.32 Å². The highest BCUT2D eigenvalue weighted by Crippen LogP contribution is 2.19. The number of benzene rings is 2. The fraction of sp³-hybridized carbons (Fsp3) is 0.200. The number of hydrogen-bond donors (Lipinski definition) is 2. The fourth-order valence-electron chi connectivity index (χ4n) is 1.90. The maximum Gasteiger partial charge on any atom is 0.262 e. The van der Waals surface area contributed by atoms with E-state index < -0.39 is 15.8 Å². The Labute approximate surface area is 124 Å². The first-order valence-corrected chi connectivity index (χ1v) is 8.08. The van der Waals surface area contributed by atoms with Crippen LogP contribution in [0.2, 0.25) is 0 Å². The van der Waals surface area contributed by atoms with Crippen LogP contribution in [-0.2, 0) is 16.6 Å². The molecule has 0 atom stereocenters. The zero-order chi connectivity index (χ0) is 15.3. The Kier molecular flexibility index (Phi) is 4.93. The van der Waals surface area contributed by atoms with Gasteiger partial charge in [0, 0.05) is 12.2 Å². The second kappa shape index (κ2) is 6.69. The minimum absolute atomic E-state index is 0.218. The van der Waals surface area contributed by atoms with Gasteiger partial charge in [0.1, 0.15) is 5.82 Å². The maximum absolute atomic E-state index is 12.9. The SMILES string of the molecule is CCNCc1ccccc1S(=O)(=O)Nc1ccc(F)cc1. The van der Waals surface area contributed by atoms with Crippen LogP contribution >= 0.6 is 0 Å². The average molecular weight is 308 g/mol. The molecule has 0 saturated carbocycles. The molecule has 4 nitrogen and oxygen atoms in total. The third-order valence-electron chi connectivity index (χ3n) is 2.92. The molecule has 0 amide bonds. The lowest BCUT2D eigenvalue weighted by Crippen LogP contribution is -2.18. The molecule has 0 aromatic heterocycles. The maximum atomic E-state index is 12.9. The summed E-state index contributed by atoms with van der Waals surface area (Å²) in [5.41, 5.74) is 1.02. The third-order valence-corrected chi connectivity index (χ3v) is 4.41. The van der Waals surface area contributed by atoms with Gasteiger partial charge in [0.05, 0.1) is 4.90 Å². The van der Waals surface area contributed by atoms with Crippen molar-refractivity contribution >= 4 is 15.7 Å². The Balaban J connectivity index is 2.29. The van der Waals surface area contributed by atoms with Crippen LogP contribution in [0.15, 0.2) is 53.4 Å². The van der Waals surface area contributed by atoms with Crippen LogP contribution < -0.4 is 10.0 Å². The number of halogens is 1. The third kappa shape index (κ3) is 4.03. The molecule has 0 aliphatic rings. The quantitative estimate of drug-likeness (QED) is 0.862. The van der Waals surface area contributed by atoms with E-state index in [0.29, 0.717) is 17.8 Å². The number of rotatable bonds is 6. The molecule has 0 bridgehead atoms. The van der Waals surface area contributed by atoms with E-state index in [4.69, 9.17) is 0 Å². The van der Waals surface area contributed by atoms with Gasteiger partial charge in [0.15, 0.2) is 0 Å². The van der Waals surface area contributed by atoms with E-state index >= 15 is 0 Å². The van der Waals surface area contributed by atoms with E-state index in [9.17, 15) is 12.8 Å². The van der Waals surface area contributed by atoms with Crippen LogP contribution in [0, 0.1) is 5.82 Å². The van der Waals surface area contributed by atoms with Crippen LogP contribution in [0.1, 0.15) is 12.5 Å². The largest absolute Gasteiger partial charge is 0.313 e. The van der Waals surface area contributed by atoms with Gasteiger partial charge in [0.2, 0.25) is 0 Å². The number of nitrogens with one attached hydrogen (secondary N) is 2. The van der Waals surface area contributed by atoms with Crippen LogP contribution in [-0.4, -0.2) is 15.0 Å². The Morgan fingerprint density at radius 2 is 1.71 bits per heavy atom. The lowest BCUT2D eigenvalue weighted by Gasteiger charge is -2.12. The van der Waals surface area contributed by atoms with Crippen molar-refractivity contribution in [2.24, 2.45) is 0 Å². The fourth-order valence-corrected chi connectivity index (χ4v) is 3.20. The van der Waals surface area contributed by atoms with Gasteiger partial charge in [-0.2, -0.15) is 0 Å². The zero-order valence-electron chi connectivity index (χ0n) is 11.6. The van der Waals surface area contributed by atoms with Crippen molar-refractivity contribution in [3.8, 4) is 0 Å². The van der Waals surface area contributed by atoms with Crippen molar-refractivity contribution in [3.63, 3.8) is 0 Å². The van der Waals surface area contributed by atoms with Gasteiger partial charge < -0.3 is 5.32 Å². The van der Waals surface area contributed by atoms with Crippen LogP contribution in [0.5, 0.6) is 0 Å². The summed E-state index contributed by atoms with van der Waals surface area (Å²) >= 11 is 0. The van der Waals surface area contributed by atoms with E-state index in [0.717, 1.165) is 6.54 Å². The Morgan fingerprint density at radius 3 is 2.38 bits per heavy atom. The predicted octanol–water partition coefficient (Wildman–Crippen LogP) is 2.74. The van der Waals surface area contributed by atoms with Gasteiger partial charge >= 0.3 is 0 Å². The van der Waals surface area contributed by atoms with Crippen molar-refractivity contribution in [3.05, 3.63) is 59.9 Å². The molecular weight excluding hydrogens is 291 g/mol. The summed E-state index contributed by atoms with van der Waals surface area (Å²) in [7, 11) is -3.70. The van der Waals surface area contributed by atoms with Crippen LogP contribution in [0.25, 0.3) is 0 Å². The highest BCUT2D eigenvalue weighted by molar-refractivity contribution is 7.92. The van der Waals surface area contributed by atoms with Crippen LogP contribution in [0.3, 0.4) is 0 Å². The molecule has 112 valence electrons. The van der Waals surface area contributed by atoms with Crippen LogP contribution in [0.4, 0.5) is 10.1 Å². The minimum Gasteiger partial charge on any atom is -0.313 e. The molecule has 2 aromatic carbocycles. The summed E-state index contributed by atoms with van der Waals surface area (Å²) < 4.78 is 40.2. The molecule has 0 unspecified atom stereocenters. The van der Waals surface area contributed by atoms with E-state index in [1.165, 1.54) is 24.3 Å². The van der Waals surface area contributed by atoms with Gasteiger partial charge in [-0.3, -0.25) is 4.72 Å². The molecule has 2 N–H and O–H groups in total. The zero-order valence-corrected chi connectivity index (χ0v) is 12.5. The summed E-state index contributed by atoms with van der Waals surface area (Å²) in [6, 6.07) is 12.0. The number of anilines is 1. The van der Waals surface area contributed by atoms with Crippen molar-refractivity contribution in [2.45, 2.75) is 18.4 Å². The van der Waals surface area contributed by atoms with E-state index in [1.807, 2.05) is 6.92 Å². The smallest absolute Gasteiger partial charge is 0.262 e. The van der Waals surface area contributed by atoms with Crippen molar-refractivity contribution in [1.29, 1.82) is 0 Å². The molecule has 0 heterocycles. The van der Waals surface area contributed by atoms with E-state index in [2.05, 4.69) is 10.0 Å². The number of sulfonamides is 1. The second-order valence-electron chi connectivity index (χ2n) is 4.50. The van der Waals surface area contributed by atoms with Gasteiger partial charge in [-0.15, -0.1) is 0 Å². The molecule has 21 heavy (non-hydrogen) atoms. The van der Waals surface area contributed by atoms with Crippen molar-refractivity contribution in [2.75, 3.05) is 11.3 Å². The average Bonchev–Trinajstić information content (AvgIpc) is 2.47. The standard InChI is InChI=1S/C15H17FN2O2S/c1-2-17-11-12-5-3-4-6-15(12)21(19,20)18-14-9-7-13(16)8-10-14/h3-10,17-18H,2,11H2,1H3. The first-order chi connectivity index (χ1) is 10.0. The Morgan fingerprint density at radius 1 is 1.05 bits per heavy atom. The molecule has 0 aliphatic carbocycles. The summed E-state index contributed by atoms with van der Waals surface area (Å²) in [6.45, 7) is 3.17. The normalized spacial score (nSPS) is 11.3. The Bertz CT molecular complexity index is 700. The lowest BCUT2D eigenvalue weighted by molar-refractivity contribution is 0.598. The molecule has 6 heteroatoms. The van der Waals surface area contributed by atoms with E-state index in [1.54, 1.807) is 24.3 Å². The summed E-state index contributed by atoms with van der Waals surface area (Å²) in [5, 5.41) is 3.11. The molecule has 0 radical (unpaired) electrons. The molecule has 0 aliphatic heterocycles. The summed E-state index contributed by atoms with van der Waals surface area (Å²) in [4.78, 5) is 0.218. The van der Waals surface area contributed by atoms with Gasteiger partial charge in [-0.1, -0.05) is 25.1 Å². The molecule has 0 saturated heterocycles. The first kappa shape index (κ1) is 15.5. The molecular formula is C15H17FN2O2S. The summed E-state index contributed by atoms with van der Waals surface area (Å²) in [6.07, 6.45) is 0. The second-order valence-corrected chi connectivity index (χ2v) is 6.15. The Hall–Kier alpha value is -1.92. The molecule has 2 rings (SSSR count). The topological polar surface area (TPSA) is 58.2 Å². The highest BCUT2D eigenvalue weighted by Gasteiger charge is 2.17. The molecule has 2 aromatic rings. The molecule has 0 spiro atoms. The van der Waals surface area contributed by atoms with Gasteiger partial charge in [0.25, 0.3) is 10.0 Å². The summed E-state index contributed by atoms with van der Waals surface area (Å²) in [5.74, 6) is -0.412. The number of hydrogen-bond acceptors (Lipinski definition) is 3. The highest BCUT2D eigenvalue weighted by atomic mass is 32.2. The predicted molar refractivity (Wildman–Crippen MR) is 81.0 cm³/mol. The minimum atomic E-state index is -3.70. The van der Waals surface area contributed by atoms with E-state index in [-0.39, 0.29) is 4.90 Å². The van der Waals surface area contributed by atoms with Gasteiger partial charge in [-0.05, 0) is 42.4 Å². The monoisotopic (exact) mass is 308 g/mol. The van der Waals surface area contributed by atoms with Gasteiger partial charge in [-0.25, -0.2) is 12.8 Å². The first-order valence-electron chi connectivity index (χ1n) is 6.60.